The van der Waals surface area contributed by atoms with Crippen LogP contribution in [0.15, 0.2) is 0 Å². The third-order valence-electron chi connectivity index (χ3n) is 4.61. The number of piperidine rings is 1. The van der Waals surface area contributed by atoms with Crippen molar-refractivity contribution in [1.29, 1.82) is 0 Å². The van der Waals surface area contributed by atoms with Crippen LogP contribution in [0.25, 0.3) is 0 Å². The van der Waals surface area contributed by atoms with Crippen LogP contribution < -0.4 is 0 Å². The Morgan fingerprint density at radius 3 is 2.85 bits per heavy atom. The van der Waals surface area contributed by atoms with Gasteiger partial charge in [0, 0.05) is 6.04 Å². The number of hydrogen-bond donors (Lipinski definition) is 0. The van der Waals surface area contributed by atoms with Gasteiger partial charge < -0.3 is 4.90 Å². The summed E-state index contributed by atoms with van der Waals surface area (Å²) in [5.74, 6) is 2.20. The van der Waals surface area contributed by atoms with E-state index in [1.54, 1.807) is 19.3 Å². The van der Waals surface area contributed by atoms with Gasteiger partial charge in [-0.3, -0.25) is 0 Å². The molecule has 0 N–H and O–H groups in total. The van der Waals surface area contributed by atoms with Crippen molar-refractivity contribution in [3.8, 4) is 0 Å². The maximum absolute atomic E-state index is 2.81. The van der Waals surface area contributed by atoms with Gasteiger partial charge in [0.15, 0.2) is 0 Å². The van der Waals surface area contributed by atoms with E-state index in [1.807, 2.05) is 0 Å². The molecule has 3 fully saturated rings. The minimum Gasteiger partial charge on any atom is -0.300 e. The Morgan fingerprint density at radius 1 is 0.846 bits per heavy atom. The molecule has 3 aliphatic rings. The van der Waals surface area contributed by atoms with Crippen molar-refractivity contribution in [2.24, 2.45) is 11.8 Å². The van der Waals surface area contributed by atoms with Gasteiger partial charge in [-0.05, 0) is 57.0 Å². The Bertz CT molecular complexity index is 186. The summed E-state index contributed by atoms with van der Waals surface area (Å²) >= 11 is 0. The maximum atomic E-state index is 2.81. The van der Waals surface area contributed by atoms with Gasteiger partial charge in [0.2, 0.25) is 0 Å². The van der Waals surface area contributed by atoms with Crippen molar-refractivity contribution in [3.05, 3.63) is 0 Å². The van der Waals surface area contributed by atoms with Crippen LogP contribution in [0.3, 0.4) is 0 Å². The van der Waals surface area contributed by atoms with E-state index in [-0.39, 0.29) is 0 Å². The lowest BCUT2D eigenvalue weighted by Crippen LogP contribution is -2.43. The molecular formula is C12H21N. The number of rotatable bonds is 0. The van der Waals surface area contributed by atoms with Crippen LogP contribution in [0.5, 0.6) is 0 Å². The van der Waals surface area contributed by atoms with E-state index in [0.717, 1.165) is 17.9 Å². The van der Waals surface area contributed by atoms with Crippen molar-refractivity contribution in [2.45, 2.75) is 51.0 Å². The first-order valence-corrected chi connectivity index (χ1v) is 6.17. The van der Waals surface area contributed by atoms with E-state index in [0.29, 0.717) is 0 Å². The average molecular weight is 179 g/mol. The summed E-state index contributed by atoms with van der Waals surface area (Å²) in [6.07, 6.45) is 10.7. The molecule has 2 bridgehead atoms. The zero-order valence-corrected chi connectivity index (χ0v) is 8.54. The summed E-state index contributed by atoms with van der Waals surface area (Å²) in [4.78, 5) is 2.81. The molecule has 0 spiro atoms. The molecule has 2 saturated heterocycles. The van der Waals surface area contributed by atoms with Crippen molar-refractivity contribution in [3.63, 3.8) is 0 Å². The molecule has 0 aromatic carbocycles. The third kappa shape index (κ3) is 1.41. The Kier molecular flexibility index (Phi) is 2.08. The van der Waals surface area contributed by atoms with Gasteiger partial charge in [0.05, 0.1) is 0 Å². The lowest BCUT2D eigenvalue weighted by Gasteiger charge is -2.38. The Hall–Kier alpha value is -0.0400. The lowest BCUT2D eigenvalue weighted by atomic mass is 9.90. The molecule has 74 valence electrons. The molecule has 1 aliphatic carbocycles. The first-order chi connectivity index (χ1) is 6.43. The standard InChI is InChI=1S/C12H21N/c1-2-7-13-8-6-10-4-5-11(9-10)12(13)3-1/h10-12H,1-9H2. The van der Waals surface area contributed by atoms with Crippen LogP contribution in [0.4, 0.5) is 0 Å². The fourth-order valence-corrected chi connectivity index (χ4v) is 3.90. The van der Waals surface area contributed by atoms with Crippen molar-refractivity contribution in [2.75, 3.05) is 13.1 Å². The highest BCUT2D eigenvalue weighted by Crippen LogP contribution is 2.42. The molecule has 1 heteroatoms. The molecular weight excluding hydrogens is 158 g/mol. The largest absolute Gasteiger partial charge is 0.300 e. The summed E-state index contributed by atoms with van der Waals surface area (Å²) in [7, 11) is 0. The van der Waals surface area contributed by atoms with Crippen molar-refractivity contribution < 1.29 is 0 Å². The Balaban J connectivity index is 1.78. The van der Waals surface area contributed by atoms with E-state index in [4.69, 9.17) is 0 Å². The molecule has 0 aromatic rings. The van der Waals surface area contributed by atoms with Crippen LogP contribution in [0.1, 0.15) is 44.9 Å². The summed E-state index contributed by atoms with van der Waals surface area (Å²) in [6, 6.07) is 1.00. The van der Waals surface area contributed by atoms with Crippen LogP contribution in [-0.4, -0.2) is 24.0 Å². The van der Waals surface area contributed by atoms with E-state index < -0.39 is 0 Å². The highest BCUT2D eigenvalue weighted by atomic mass is 15.2. The minimum atomic E-state index is 1.00. The number of hydrogen-bond acceptors (Lipinski definition) is 1. The molecule has 0 radical (unpaired) electrons. The van der Waals surface area contributed by atoms with Crippen LogP contribution >= 0.6 is 0 Å². The molecule has 13 heavy (non-hydrogen) atoms. The van der Waals surface area contributed by atoms with Gasteiger partial charge in [0.1, 0.15) is 0 Å². The van der Waals surface area contributed by atoms with E-state index in [2.05, 4.69) is 4.90 Å². The van der Waals surface area contributed by atoms with E-state index in [9.17, 15) is 0 Å². The molecule has 3 atom stereocenters. The smallest absolute Gasteiger partial charge is 0.0124 e. The molecule has 1 nitrogen and oxygen atoms in total. The molecule has 3 unspecified atom stereocenters. The number of nitrogens with zero attached hydrogens (tertiary/aromatic N) is 1. The lowest BCUT2D eigenvalue weighted by molar-refractivity contribution is 0.108. The van der Waals surface area contributed by atoms with Gasteiger partial charge >= 0.3 is 0 Å². The Labute approximate surface area is 81.5 Å². The van der Waals surface area contributed by atoms with Gasteiger partial charge in [-0.1, -0.05) is 12.8 Å². The predicted molar refractivity (Wildman–Crippen MR) is 54.7 cm³/mol. The van der Waals surface area contributed by atoms with E-state index >= 15 is 0 Å². The minimum absolute atomic E-state index is 1.00. The molecule has 0 aromatic heterocycles. The number of fused-ring (bicyclic) bond motifs is 4. The van der Waals surface area contributed by atoms with E-state index in [1.165, 1.54) is 38.8 Å². The first-order valence-electron chi connectivity index (χ1n) is 6.17. The van der Waals surface area contributed by atoms with Gasteiger partial charge in [0.25, 0.3) is 0 Å². The SMILES string of the molecule is C1CCN2CCC3CCC(C3)C2C1. The van der Waals surface area contributed by atoms with Gasteiger partial charge in [-0.15, -0.1) is 0 Å². The summed E-state index contributed by atoms with van der Waals surface area (Å²) < 4.78 is 0. The molecule has 0 amide bonds. The van der Waals surface area contributed by atoms with Crippen LogP contribution in [0.2, 0.25) is 0 Å². The zero-order valence-electron chi connectivity index (χ0n) is 8.54. The summed E-state index contributed by atoms with van der Waals surface area (Å²) in [6.45, 7) is 2.83. The van der Waals surface area contributed by atoms with Crippen molar-refractivity contribution >= 4 is 0 Å². The Morgan fingerprint density at radius 2 is 1.85 bits per heavy atom. The zero-order chi connectivity index (χ0) is 8.67. The van der Waals surface area contributed by atoms with Crippen molar-refractivity contribution in [1.82, 2.24) is 4.90 Å². The molecule has 2 aliphatic heterocycles. The second-order valence-corrected chi connectivity index (χ2v) is 5.33. The summed E-state index contributed by atoms with van der Waals surface area (Å²) in [5, 5.41) is 0. The van der Waals surface area contributed by atoms with Crippen LogP contribution in [0, 0.1) is 11.8 Å². The fraction of sp³-hybridized carbons (Fsp3) is 1.00. The predicted octanol–water partition coefficient (Wildman–Crippen LogP) is 2.66. The topological polar surface area (TPSA) is 3.24 Å². The van der Waals surface area contributed by atoms with Gasteiger partial charge in [-0.25, -0.2) is 0 Å². The highest BCUT2D eigenvalue weighted by molar-refractivity contribution is 4.91. The fourth-order valence-electron chi connectivity index (χ4n) is 3.90. The second kappa shape index (κ2) is 3.27. The third-order valence-corrected chi connectivity index (χ3v) is 4.61. The maximum Gasteiger partial charge on any atom is 0.0124 e. The molecule has 3 rings (SSSR count). The summed E-state index contributed by atoms with van der Waals surface area (Å²) in [5.41, 5.74) is 0. The second-order valence-electron chi connectivity index (χ2n) is 5.33. The first kappa shape index (κ1) is 8.28. The van der Waals surface area contributed by atoms with Crippen LogP contribution in [-0.2, 0) is 0 Å². The molecule has 1 saturated carbocycles. The monoisotopic (exact) mass is 179 g/mol. The molecule has 2 heterocycles. The highest BCUT2D eigenvalue weighted by Gasteiger charge is 2.37. The normalized spacial score (nSPS) is 45.7. The van der Waals surface area contributed by atoms with Gasteiger partial charge in [-0.2, -0.15) is 0 Å². The average Bonchev–Trinajstić information content (AvgIpc) is 2.54. The quantitative estimate of drug-likeness (QED) is 0.552.